The molecule has 0 radical (unpaired) electrons. The second-order valence-corrected chi connectivity index (χ2v) is 7.10. The highest BCUT2D eigenvalue weighted by molar-refractivity contribution is 5.89. The van der Waals surface area contributed by atoms with Gasteiger partial charge in [0.05, 0.1) is 30.4 Å². The number of carbonyl (C=O) groups is 1. The minimum Gasteiger partial charge on any atom is -0.479 e. The van der Waals surface area contributed by atoms with Crippen LogP contribution >= 0.6 is 0 Å². The molecule has 1 aromatic carbocycles. The number of nitrogens with one attached hydrogen (secondary N) is 1. The predicted molar refractivity (Wildman–Crippen MR) is 91.9 cm³/mol. The molecule has 0 bridgehead atoms. The second kappa shape index (κ2) is 5.51. The number of benzene rings is 1. The van der Waals surface area contributed by atoms with Gasteiger partial charge in [0.15, 0.2) is 5.88 Å². The Hall–Kier alpha value is -2.56. The number of ether oxygens (including phenoxy) is 1. The van der Waals surface area contributed by atoms with Crippen molar-refractivity contribution in [3.8, 4) is 0 Å². The van der Waals surface area contributed by atoms with Gasteiger partial charge in [-0.1, -0.05) is 18.2 Å². The molecule has 2 aliphatic heterocycles. The number of nitrogens with zero attached hydrogens (tertiary/aromatic N) is 2. The van der Waals surface area contributed by atoms with E-state index < -0.39 is 0 Å². The zero-order valence-corrected chi connectivity index (χ0v) is 14.0. The summed E-state index contributed by atoms with van der Waals surface area (Å²) in [5.74, 6) is 0.516. The van der Waals surface area contributed by atoms with E-state index in [1.54, 1.807) is 11.0 Å². The molecule has 1 amide bonds. The topological polar surface area (TPSA) is 54.5 Å². The molecular formula is C19H21N3O2. The van der Waals surface area contributed by atoms with Crippen molar-refractivity contribution in [2.24, 2.45) is 0 Å². The van der Waals surface area contributed by atoms with E-state index in [0.717, 1.165) is 28.6 Å². The van der Waals surface area contributed by atoms with Crippen LogP contribution in [0, 0.1) is 0 Å². The molecule has 0 saturated carbocycles. The number of rotatable bonds is 1. The van der Waals surface area contributed by atoms with Crippen molar-refractivity contribution < 1.29 is 9.53 Å². The van der Waals surface area contributed by atoms with Gasteiger partial charge in [-0.15, -0.1) is 0 Å². The maximum Gasteiger partial charge on any atom is 0.252 e. The Kier molecular flexibility index (Phi) is 3.44. The molecule has 0 unspecified atom stereocenters. The monoisotopic (exact) mass is 323 g/mol. The first-order valence-electron chi connectivity index (χ1n) is 8.29. The fourth-order valence-corrected chi connectivity index (χ4v) is 3.20. The summed E-state index contributed by atoms with van der Waals surface area (Å²) >= 11 is 0. The summed E-state index contributed by atoms with van der Waals surface area (Å²) < 4.78 is 5.57. The van der Waals surface area contributed by atoms with Crippen LogP contribution in [0.15, 0.2) is 42.3 Å². The number of hydrogen-bond acceptors (Lipinski definition) is 4. The lowest BCUT2D eigenvalue weighted by Crippen LogP contribution is -2.44. The molecule has 5 heteroatoms. The molecule has 24 heavy (non-hydrogen) atoms. The third-order valence-electron chi connectivity index (χ3n) is 4.61. The van der Waals surface area contributed by atoms with E-state index in [1.807, 2.05) is 18.2 Å². The lowest BCUT2D eigenvalue weighted by Gasteiger charge is -2.33. The van der Waals surface area contributed by atoms with Crippen molar-refractivity contribution in [3.63, 3.8) is 0 Å². The summed E-state index contributed by atoms with van der Waals surface area (Å²) in [6, 6.07) is 10.2. The second-order valence-electron chi connectivity index (χ2n) is 7.10. The molecule has 0 aliphatic carbocycles. The first kappa shape index (κ1) is 15.0. The van der Waals surface area contributed by atoms with E-state index in [9.17, 15) is 4.79 Å². The van der Waals surface area contributed by atoms with Crippen molar-refractivity contribution in [2.45, 2.75) is 38.9 Å². The van der Waals surface area contributed by atoms with Gasteiger partial charge in [-0.25, -0.2) is 0 Å². The van der Waals surface area contributed by atoms with Gasteiger partial charge in [0.25, 0.3) is 5.91 Å². The molecule has 1 N–H and O–H groups in total. The number of fused-ring (bicyclic) bond motifs is 2. The zero-order chi connectivity index (χ0) is 16.7. The third kappa shape index (κ3) is 2.82. The first-order chi connectivity index (χ1) is 11.5. The summed E-state index contributed by atoms with van der Waals surface area (Å²) in [6.45, 7) is 5.99. The van der Waals surface area contributed by atoms with Crippen LogP contribution in [-0.4, -0.2) is 27.9 Å². The average molecular weight is 323 g/mol. The molecule has 2 aromatic rings. The van der Waals surface area contributed by atoms with E-state index in [1.165, 1.54) is 0 Å². The quantitative estimate of drug-likeness (QED) is 0.820. The van der Waals surface area contributed by atoms with Crippen LogP contribution in [-0.2, 0) is 22.6 Å². The molecule has 1 fully saturated rings. The van der Waals surface area contributed by atoms with Crippen LogP contribution in [0.5, 0.6) is 0 Å². The van der Waals surface area contributed by atoms with Gasteiger partial charge >= 0.3 is 0 Å². The number of para-hydroxylation sites is 1. The van der Waals surface area contributed by atoms with Crippen molar-refractivity contribution in [1.82, 2.24) is 15.2 Å². The molecule has 5 nitrogen and oxygen atoms in total. The summed E-state index contributed by atoms with van der Waals surface area (Å²) in [7, 11) is 0. The van der Waals surface area contributed by atoms with Gasteiger partial charge in [-0.3, -0.25) is 9.78 Å². The molecular weight excluding hydrogens is 302 g/mol. The fraction of sp³-hybridized carbons (Fsp3) is 0.368. The first-order valence-corrected chi connectivity index (χ1v) is 8.29. The van der Waals surface area contributed by atoms with Gasteiger partial charge in [0, 0.05) is 23.9 Å². The number of amides is 1. The predicted octanol–water partition coefficient (Wildman–Crippen LogP) is 2.71. The minimum atomic E-state index is -0.0442. The Morgan fingerprint density at radius 1 is 1.33 bits per heavy atom. The summed E-state index contributed by atoms with van der Waals surface area (Å²) in [5, 5.41) is 4.38. The average Bonchev–Trinajstić information content (AvgIpc) is 2.94. The van der Waals surface area contributed by atoms with Crippen LogP contribution in [0.3, 0.4) is 0 Å². The maximum absolute atomic E-state index is 12.6. The van der Waals surface area contributed by atoms with Crippen molar-refractivity contribution in [3.05, 3.63) is 53.5 Å². The molecule has 3 heterocycles. The van der Waals surface area contributed by atoms with Crippen molar-refractivity contribution >= 4 is 16.8 Å². The van der Waals surface area contributed by atoms with Crippen molar-refractivity contribution in [1.29, 1.82) is 0 Å². The molecule has 2 aliphatic rings. The van der Waals surface area contributed by atoms with Crippen LogP contribution in [0.4, 0.5) is 0 Å². The smallest absolute Gasteiger partial charge is 0.252 e. The maximum atomic E-state index is 12.6. The van der Waals surface area contributed by atoms with E-state index in [0.29, 0.717) is 25.6 Å². The Balaban J connectivity index is 1.53. The van der Waals surface area contributed by atoms with Gasteiger partial charge in [0.1, 0.15) is 0 Å². The fourth-order valence-electron chi connectivity index (χ4n) is 3.20. The Morgan fingerprint density at radius 2 is 2.17 bits per heavy atom. The Bertz CT molecular complexity index is 797. The zero-order valence-electron chi connectivity index (χ0n) is 14.0. The number of hydrogen-bond donors (Lipinski definition) is 1. The number of aromatic nitrogens is 1. The highest BCUT2D eigenvalue weighted by Gasteiger charge is 2.27. The van der Waals surface area contributed by atoms with E-state index in [-0.39, 0.29) is 11.4 Å². The lowest BCUT2D eigenvalue weighted by atomic mass is 10.0. The van der Waals surface area contributed by atoms with E-state index >= 15 is 0 Å². The van der Waals surface area contributed by atoms with Crippen LogP contribution in [0.1, 0.15) is 31.5 Å². The van der Waals surface area contributed by atoms with Gasteiger partial charge in [0.2, 0.25) is 0 Å². The molecule has 0 spiro atoms. The van der Waals surface area contributed by atoms with Gasteiger partial charge in [-0.2, -0.15) is 0 Å². The molecule has 124 valence electrons. The standard InChI is InChI=1S/C19H21N3O2/c1-19(2)7-8-24-17(21-19)10-18(23)22-11-14-9-13-5-3-4-6-15(13)20-16(14)12-22/h3-6,9-10,21H,7-8,11-12H2,1-2H3. The van der Waals surface area contributed by atoms with Gasteiger partial charge in [-0.05, 0) is 31.5 Å². The highest BCUT2D eigenvalue weighted by Crippen LogP contribution is 2.26. The summed E-state index contributed by atoms with van der Waals surface area (Å²) in [4.78, 5) is 19.1. The highest BCUT2D eigenvalue weighted by atomic mass is 16.5. The molecule has 0 atom stereocenters. The molecule has 1 aromatic heterocycles. The van der Waals surface area contributed by atoms with Crippen LogP contribution in [0.25, 0.3) is 10.9 Å². The SMILES string of the molecule is CC1(C)CCOC(=CC(=O)N2Cc3cc4ccccc4nc3C2)N1. The Morgan fingerprint density at radius 3 is 3.00 bits per heavy atom. The van der Waals surface area contributed by atoms with Crippen LogP contribution in [0.2, 0.25) is 0 Å². The normalized spacial score (nSPS) is 20.6. The number of pyridine rings is 1. The lowest BCUT2D eigenvalue weighted by molar-refractivity contribution is -0.126. The van der Waals surface area contributed by atoms with Crippen LogP contribution < -0.4 is 5.32 Å². The minimum absolute atomic E-state index is 0.0440. The molecule has 4 rings (SSSR count). The van der Waals surface area contributed by atoms with E-state index in [2.05, 4.69) is 31.3 Å². The largest absolute Gasteiger partial charge is 0.479 e. The van der Waals surface area contributed by atoms with E-state index in [4.69, 9.17) is 9.72 Å². The Labute approximate surface area is 141 Å². The summed E-state index contributed by atoms with van der Waals surface area (Å²) in [6.07, 6.45) is 2.48. The molecule has 1 saturated heterocycles. The number of carbonyl (C=O) groups excluding carboxylic acids is 1. The third-order valence-corrected chi connectivity index (χ3v) is 4.61. The van der Waals surface area contributed by atoms with Gasteiger partial charge < -0.3 is 15.0 Å². The van der Waals surface area contributed by atoms with Crippen molar-refractivity contribution in [2.75, 3.05) is 6.61 Å². The summed E-state index contributed by atoms with van der Waals surface area (Å²) in [5.41, 5.74) is 3.04.